The van der Waals surface area contributed by atoms with Gasteiger partial charge in [0, 0.05) is 11.6 Å². The standard InChI is InChI=1S/C8H13NO3/c1-8(2,3)5(7(9)12)4-6(10)11/h4H,1-3H3,(H2,9,12)(H,10,11)/b5-4+. The van der Waals surface area contributed by atoms with E-state index in [4.69, 9.17) is 10.8 Å². The SMILES string of the molecule is CC(C)(C)/C(=C/C(=O)O)C(N)=O. The smallest absolute Gasteiger partial charge is 0.328 e. The lowest BCUT2D eigenvalue weighted by Gasteiger charge is -2.19. The number of aliphatic carboxylic acids is 1. The molecular formula is C8H13NO3. The fourth-order valence-corrected chi connectivity index (χ4v) is 0.781. The maximum atomic E-state index is 10.8. The molecular weight excluding hydrogens is 158 g/mol. The summed E-state index contributed by atoms with van der Waals surface area (Å²) in [5.41, 5.74) is 4.60. The van der Waals surface area contributed by atoms with Crippen LogP contribution in [0.2, 0.25) is 0 Å². The number of carbonyl (C=O) groups excluding carboxylic acids is 1. The molecule has 0 aliphatic heterocycles. The number of nitrogens with two attached hydrogens (primary N) is 1. The lowest BCUT2D eigenvalue weighted by Crippen LogP contribution is -2.25. The molecule has 0 unspecified atom stereocenters. The molecule has 0 saturated carbocycles. The van der Waals surface area contributed by atoms with Crippen molar-refractivity contribution in [2.75, 3.05) is 0 Å². The van der Waals surface area contributed by atoms with Crippen molar-refractivity contribution in [1.29, 1.82) is 0 Å². The van der Waals surface area contributed by atoms with E-state index < -0.39 is 17.3 Å². The van der Waals surface area contributed by atoms with Crippen molar-refractivity contribution < 1.29 is 14.7 Å². The van der Waals surface area contributed by atoms with Gasteiger partial charge in [0.25, 0.3) is 0 Å². The highest BCUT2D eigenvalue weighted by molar-refractivity contribution is 5.98. The zero-order chi connectivity index (χ0) is 9.94. The topological polar surface area (TPSA) is 80.4 Å². The molecule has 0 aliphatic carbocycles. The summed E-state index contributed by atoms with van der Waals surface area (Å²) in [4.78, 5) is 21.0. The van der Waals surface area contributed by atoms with Gasteiger partial charge in [-0.3, -0.25) is 4.79 Å². The molecule has 12 heavy (non-hydrogen) atoms. The fourth-order valence-electron chi connectivity index (χ4n) is 0.781. The second-order valence-corrected chi connectivity index (χ2v) is 3.51. The van der Waals surface area contributed by atoms with Gasteiger partial charge >= 0.3 is 5.97 Å². The molecule has 0 atom stereocenters. The van der Waals surface area contributed by atoms with E-state index in [1.54, 1.807) is 20.8 Å². The van der Waals surface area contributed by atoms with Crippen LogP contribution < -0.4 is 5.73 Å². The maximum absolute atomic E-state index is 10.8. The van der Waals surface area contributed by atoms with E-state index >= 15 is 0 Å². The Morgan fingerprint density at radius 2 is 1.75 bits per heavy atom. The van der Waals surface area contributed by atoms with Crippen LogP contribution in [0.1, 0.15) is 20.8 Å². The highest BCUT2D eigenvalue weighted by Gasteiger charge is 2.22. The fraction of sp³-hybridized carbons (Fsp3) is 0.500. The molecule has 0 saturated heterocycles. The molecule has 0 spiro atoms. The van der Waals surface area contributed by atoms with Crippen LogP contribution in [-0.4, -0.2) is 17.0 Å². The Balaban J connectivity index is 4.94. The molecule has 0 aromatic heterocycles. The zero-order valence-electron chi connectivity index (χ0n) is 7.42. The van der Waals surface area contributed by atoms with Gasteiger partial charge in [0.05, 0.1) is 0 Å². The summed E-state index contributed by atoms with van der Waals surface area (Å²) in [5.74, 6) is -1.84. The molecule has 0 bridgehead atoms. The van der Waals surface area contributed by atoms with Crippen LogP contribution in [0.5, 0.6) is 0 Å². The third-order valence-electron chi connectivity index (χ3n) is 1.34. The van der Waals surface area contributed by atoms with Crippen LogP contribution in [0.3, 0.4) is 0 Å². The Morgan fingerprint density at radius 3 is 1.83 bits per heavy atom. The minimum atomic E-state index is -1.15. The van der Waals surface area contributed by atoms with Crippen molar-refractivity contribution in [1.82, 2.24) is 0 Å². The van der Waals surface area contributed by atoms with Gasteiger partial charge in [-0.05, 0) is 5.41 Å². The van der Waals surface area contributed by atoms with Crippen LogP contribution in [-0.2, 0) is 9.59 Å². The molecule has 0 radical (unpaired) electrons. The Morgan fingerprint density at radius 1 is 1.33 bits per heavy atom. The Labute approximate surface area is 71.1 Å². The van der Waals surface area contributed by atoms with Gasteiger partial charge in [0.1, 0.15) is 0 Å². The van der Waals surface area contributed by atoms with Gasteiger partial charge < -0.3 is 10.8 Å². The van der Waals surface area contributed by atoms with Gasteiger partial charge in [0.15, 0.2) is 0 Å². The number of rotatable bonds is 2. The molecule has 0 fully saturated rings. The number of hydrogen-bond acceptors (Lipinski definition) is 2. The molecule has 1 amide bonds. The molecule has 4 nitrogen and oxygen atoms in total. The van der Waals surface area contributed by atoms with Crippen molar-refractivity contribution in [2.24, 2.45) is 11.1 Å². The molecule has 0 aromatic rings. The third kappa shape index (κ3) is 3.18. The van der Waals surface area contributed by atoms with Crippen molar-refractivity contribution in [3.63, 3.8) is 0 Å². The van der Waals surface area contributed by atoms with E-state index in [9.17, 15) is 9.59 Å². The van der Waals surface area contributed by atoms with Crippen molar-refractivity contribution in [2.45, 2.75) is 20.8 Å². The summed E-state index contributed by atoms with van der Waals surface area (Å²) < 4.78 is 0. The predicted octanol–water partition coefficient (Wildman–Crippen LogP) is 0.529. The van der Waals surface area contributed by atoms with Gasteiger partial charge in [-0.15, -0.1) is 0 Å². The molecule has 4 heteroatoms. The van der Waals surface area contributed by atoms with Crippen LogP contribution in [0.25, 0.3) is 0 Å². The summed E-state index contributed by atoms with van der Waals surface area (Å²) in [6.07, 6.45) is 0.850. The Bertz CT molecular complexity index is 235. The first-order valence-corrected chi connectivity index (χ1v) is 3.50. The largest absolute Gasteiger partial charge is 0.478 e. The highest BCUT2D eigenvalue weighted by atomic mass is 16.4. The van der Waals surface area contributed by atoms with E-state index in [1.165, 1.54) is 0 Å². The molecule has 0 heterocycles. The molecule has 0 rings (SSSR count). The van der Waals surface area contributed by atoms with E-state index in [0.29, 0.717) is 0 Å². The highest BCUT2D eigenvalue weighted by Crippen LogP contribution is 2.24. The van der Waals surface area contributed by atoms with Gasteiger partial charge in [-0.1, -0.05) is 20.8 Å². The molecule has 68 valence electrons. The van der Waals surface area contributed by atoms with E-state index in [0.717, 1.165) is 6.08 Å². The van der Waals surface area contributed by atoms with E-state index in [-0.39, 0.29) is 5.57 Å². The maximum Gasteiger partial charge on any atom is 0.328 e. The number of amides is 1. The Kier molecular flexibility index (Phi) is 3.01. The third-order valence-corrected chi connectivity index (χ3v) is 1.34. The zero-order valence-corrected chi connectivity index (χ0v) is 7.42. The average Bonchev–Trinajstić information content (AvgIpc) is 1.79. The summed E-state index contributed by atoms with van der Waals surface area (Å²) in [5, 5.41) is 8.41. The lowest BCUT2D eigenvalue weighted by molar-refractivity contribution is -0.132. The van der Waals surface area contributed by atoms with Crippen molar-refractivity contribution in [3.8, 4) is 0 Å². The van der Waals surface area contributed by atoms with Gasteiger partial charge in [0.2, 0.25) is 5.91 Å². The minimum Gasteiger partial charge on any atom is -0.478 e. The van der Waals surface area contributed by atoms with Crippen molar-refractivity contribution >= 4 is 11.9 Å². The second kappa shape index (κ2) is 3.38. The quantitative estimate of drug-likeness (QED) is 0.594. The first-order valence-electron chi connectivity index (χ1n) is 3.50. The summed E-state index contributed by atoms with van der Waals surface area (Å²) >= 11 is 0. The number of carboxylic acids is 1. The monoisotopic (exact) mass is 171 g/mol. The first-order chi connectivity index (χ1) is 5.25. The van der Waals surface area contributed by atoms with Crippen LogP contribution in [0.15, 0.2) is 11.6 Å². The normalized spacial score (nSPS) is 12.8. The average molecular weight is 171 g/mol. The van der Waals surface area contributed by atoms with Gasteiger partial charge in [-0.2, -0.15) is 0 Å². The van der Waals surface area contributed by atoms with Gasteiger partial charge in [-0.25, -0.2) is 4.79 Å². The molecule has 0 aromatic carbocycles. The number of carbonyl (C=O) groups is 2. The number of hydrogen-bond donors (Lipinski definition) is 2. The van der Waals surface area contributed by atoms with Crippen molar-refractivity contribution in [3.05, 3.63) is 11.6 Å². The Hall–Kier alpha value is -1.32. The lowest BCUT2D eigenvalue weighted by atomic mass is 9.86. The van der Waals surface area contributed by atoms with Crippen LogP contribution in [0, 0.1) is 5.41 Å². The molecule has 3 N–H and O–H groups in total. The second-order valence-electron chi connectivity index (χ2n) is 3.51. The van der Waals surface area contributed by atoms with Crippen LogP contribution in [0.4, 0.5) is 0 Å². The van der Waals surface area contributed by atoms with E-state index in [1.807, 2.05) is 0 Å². The summed E-state index contributed by atoms with van der Waals surface area (Å²) in [6, 6.07) is 0. The summed E-state index contributed by atoms with van der Waals surface area (Å²) in [6.45, 7) is 5.19. The van der Waals surface area contributed by atoms with E-state index in [2.05, 4.69) is 0 Å². The first kappa shape index (κ1) is 10.7. The predicted molar refractivity (Wildman–Crippen MR) is 44.4 cm³/mol. The number of carboxylic acid groups (broad SMARTS) is 1. The summed E-state index contributed by atoms with van der Waals surface area (Å²) in [7, 11) is 0. The number of primary amides is 1. The molecule has 0 aliphatic rings. The minimum absolute atomic E-state index is 0.120. The van der Waals surface area contributed by atoms with Crippen LogP contribution >= 0.6 is 0 Å².